The van der Waals surface area contributed by atoms with Crippen LogP contribution in [-0.2, 0) is 71.5 Å². The largest absolute Gasteiger partial charge is 0.459 e. The van der Waals surface area contributed by atoms with Crippen molar-refractivity contribution in [2.24, 2.45) is 5.73 Å². The summed E-state index contributed by atoms with van der Waals surface area (Å²) in [5.74, 6) is -2.73. The van der Waals surface area contributed by atoms with Crippen molar-refractivity contribution in [3.05, 3.63) is 0 Å². The molecule has 99 heavy (non-hydrogen) atoms. The molecule has 0 aromatic rings. The van der Waals surface area contributed by atoms with Crippen molar-refractivity contribution >= 4 is 47.9 Å². The summed E-state index contributed by atoms with van der Waals surface area (Å²) in [7, 11) is 4.18. The van der Waals surface area contributed by atoms with Gasteiger partial charge in [-0.05, 0) is 218 Å². The molecule has 2 saturated carbocycles. The van der Waals surface area contributed by atoms with Crippen LogP contribution in [0.1, 0.15) is 252 Å². The number of hydrogen-bond donors (Lipinski definition) is 2. The maximum absolute atomic E-state index is 13.9. The number of nitrogens with one attached hydrogen (secondary N) is 1. The van der Waals surface area contributed by atoms with Gasteiger partial charge in [-0.2, -0.15) is 0 Å². The third kappa shape index (κ3) is 32.7. The van der Waals surface area contributed by atoms with Gasteiger partial charge in [-0.15, -0.1) is 0 Å². The van der Waals surface area contributed by atoms with Gasteiger partial charge in [0, 0.05) is 32.5 Å². The quantitative estimate of drug-likeness (QED) is 0.0580. The predicted octanol–water partition coefficient (Wildman–Crippen LogP) is 10.1. The Kier molecular flexibility index (Phi) is 33.7. The van der Waals surface area contributed by atoms with Gasteiger partial charge < -0.3 is 57.9 Å². The highest BCUT2D eigenvalue weighted by Gasteiger charge is 2.59. The zero-order valence-corrected chi connectivity index (χ0v) is 65.6. The third-order valence-corrected chi connectivity index (χ3v) is 17.4. The van der Waals surface area contributed by atoms with E-state index in [1.54, 1.807) is 67.2 Å². The molecular formula is C75H144N8O16+2. The first-order valence-corrected chi connectivity index (χ1v) is 35.7. The van der Waals surface area contributed by atoms with Gasteiger partial charge >= 0.3 is 47.9 Å². The summed E-state index contributed by atoms with van der Waals surface area (Å²) < 4.78 is 47.1. The minimum absolute atomic E-state index is 0. The summed E-state index contributed by atoms with van der Waals surface area (Å²) in [4.78, 5) is 117. The lowest BCUT2D eigenvalue weighted by Crippen LogP contribution is -2.68. The molecule has 0 spiro atoms. The number of carbonyl (C=O) groups excluding carboxylic acids is 8. The average Bonchev–Trinajstić information content (AvgIpc) is 1.63. The number of rotatable bonds is 22. The summed E-state index contributed by atoms with van der Waals surface area (Å²) in [5, 5.41) is 2.89. The smallest absolute Gasteiger partial charge is 0.407 e. The Morgan fingerprint density at radius 2 is 0.707 bits per heavy atom. The normalized spacial score (nSPS) is 25.2. The highest BCUT2D eigenvalue weighted by atomic mass is 16.6. The summed E-state index contributed by atoms with van der Waals surface area (Å²) in [5.41, 5.74) is -1.06. The van der Waals surface area contributed by atoms with Gasteiger partial charge in [0.1, 0.15) is 56.9 Å². The van der Waals surface area contributed by atoms with Crippen molar-refractivity contribution in [1.29, 1.82) is 0 Å². The molecule has 24 nitrogen and oxygen atoms in total. The van der Waals surface area contributed by atoms with E-state index >= 15 is 0 Å². The number of alkyl carbamates (subject to hydrolysis) is 1. The molecule has 1 amide bonds. The summed E-state index contributed by atoms with van der Waals surface area (Å²) in [6.45, 7) is 48.3. The minimum atomic E-state index is -1.13. The van der Waals surface area contributed by atoms with Gasteiger partial charge in [0.25, 0.3) is 0 Å². The first kappa shape index (κ1) is 92.3. The lowest BCUT2D eigenvalue weighted by Gasteiger charge is -2.50. The van der Waals surface area contributed by atoms with Gasteiger partial charge in [0.2, 0.25) is 0 Å². The maximum atomic E-state index is 13.9. The van der Waals surface area contributed by atoms with E-state index in [1.165, 1.54) is 0 Å². The van der Waals surface area contributed by atoms with E-state index in [9.17, 15) is 38.4 Å². The molecule has 0 aromatic carbocycles. The first-order valence-electron chi connectivity index (χ1n) is 35.7. The summed E-state index contributed by atoms with van der Waals surface area (Å²) in [6, 6.07) is -0.0965. The first-order chi connectivity index (χ1) is 43.8. The number of fused-ring (bicyclic) bond motifs is 2. The van der Waals surface area contributed by atoms with Gasteiger partial charge in [-0.25, -0.2) is 14.4 Å². The van der Waals surface area contributed by atoms with Crippen LogP contribution in [0.15, 0.2) is 0 Å². The third-order valence-electron chi connectivity index (χ3n) is 17.4. The van der Waals surface area contributed by atoms with Gasteiger partial charge in [0.05, 0.1) is 83.1 Å². The van der Waals surface area contributed by atoms with Gasteiger partial charge in [-0.3, -0.25) is 43.6 Å². The van der Waals surface area contributed by atoms with E-state index in [4.69, 9.17) is 43.6 Å². The highest BCUT2D eigenvalue weighted by Crippen LogP contribution is 2.42. The minimum Gasteiger partial charge on any atom is -0.459 e. The van der Waals surface area contributed by atoms with Crippen molar-refractivity contribution in [3.63, 3.8) is 0 Å². The Hall–Kier alpha value is -4.72. The van der Waals surface area contributed by atoms with Crippen LogP contribution in [0.2, 0.25) is 0 Å². The van der Waals surface area contributed by atoms with Crippen molar-refractivity contribution < 1.29 is 85.2 Å². The molecule has 4 aliphatic rings. The number of quaternary nitrogens is 2. The van der Waals surface area contributed by atoms with Crippen LogP contribution in [0.4, 0.5) is 4.79 Å². The lowest BCUT2D eigenvalue weighted by atomic mass is 9.86. The maximum Gasteiger partial charge on any atom is 0.407 e. The van der Waals surface area contributed by atoms with Crippen LogP contribution < -0.4 is 11.1 Å². The fourth-order valence-electron chi connectivity index (χ4n) is 14.9. The average molecular weight is 1410 g/mol. The molecule has 0 bridgehead atoms. The Balaban J connectivity index is 0.00000100. The summed E-state index contributed by atoms with van der Waals surface area (Å²) in [6.07, 6.45) is 7.55. The molecule has 0 aromatic heterocycles. The summed E-state index contributed by atoms with van der Waals surface area (Å²) >= 11 is 0. The van der Waals surface area contributed by atoms with Crippen LogP contribution >= 0.6 is 0 Å². The Labute approximate surface area is 599 Å². The number of ether oxygens (including phenoxy) is 8. The monoisotopic (exact) mass is 1410 g/mol. The van der Waals surface area contributed by atoms with Gasteiger partial charge in [-0.1, -0.05) is 34.6 Å². The Bertz CT molecular complexity index is 2610. The zero-order chi connectivity index (χ0) is 74.6. The molecular weight excluding hydrogens is 1270 g/mol. The van der Waals surface area contributed by atoms with E-state index in [2.05, 4.69) is 27.1 Å². The molecule has 2 aliphatic heterocycles. The van der Waals surface area contributed by atoms with E-state index in [0.29, 0.717) is 37.1 Å². The Morgan fingerprint density at radius 3 is 1.01 bits per heavy atom. The molecule has 578 valence electrons. The topological polar surface area (TPSA) is 261 Å². The molecule has 4 rings (SSSR count). The molecule has 4 unspecified atom stereocenters. The number of nitrogens with two attached hydrogens (primary N) is 1. The van der Waals surface area contributed by atoms with Crippen LogP contribution in [0, 0.1) is 0 Å². The highest BCUT2D eigenvalue weighted by molar-refractivity contribution is 5.77. The van der Waals surface area contributed by atoms with Crippen molar-refractivity contribution in [3.8, 4) is 0 Å². The second-order valence-corrected chi connectivity index (χ2v) is 36.4. The SMILES string of the molecule is C.C.CC(C)(C)OC(=O)CN1CC(CCNC(=O)OC(C)(C)C)(N(CC(=O)OC(C)(C)C)CC(=O)OC(C)(C)C)C[N+](C)(CC(=O)OC(C)(C)C)[C@@H]2CCCC[C@H]21.CCN(CC(=O)OC(C)(C)C)C1(CCN)CN(CC(=O)OC(C)(C)C)[C@@H]2CCCC[C@H]2[N+](C)(CC(=O)OC(C)(C)C)C1. The van der Waals surface area contributed by atoms with Crippen LogP contribution in [0.5, 0.6) is 0 Å². The predicted molar refractivity (Wildman–Crippen MR) is 388 cm³/mol. The Morgan fingerprint density at radius 1 is 0.424 bits per heavy atom. The standard InChI is InChI=1S/C41H74N4O10.C32H61N4O6.2CH4/c1-36(2,3)51-31(46)23-43-27-41(21-22-42-35(50)55-40(13,14)15,44(24-32(47)52-37(4,5)6)25-33(48)53-38(7,8)9)28-45(16,26-34(49)54-39(10,11)12)30-20-18-17-19-29(30)43;1-12-35(20-27(38)41-30(5,6)7)32(17-18-33)22-34(19-26(37)40-29(2,3)4)24-15-13-14-16-25(24)36(11,23-32)21-28(39)42-31(8,9)10;;/h29-30H,17-28H2,1-16H3;24-25H,12-23,33H2,1-11H3;2*1H4/q;+1;;/p+1/t29-,30-,41?,45?;24-,25-,32?,36?;;/m11../s1. The van der Waals surface area contributed by atoms with E-state index < -0.39 is 79.9 Å². The number of esters is 7. The molecule has 2 aliphatic carbocycles. The number of nitrogens with zero attached hydrogens (tertiary/aromatic N) is 6. The molecule has 24 heteroatoms. The number of carbonyl (C=O) groups is 8. The molecule has 4 fully saturated rings. The number of amides is 1. The van der Waals surface area contributed by atoms with Gasteiger partial charge in [0.15, 0.2) is 13.1 Å². The molecule has 2 saturated heterocycles. The van der Waals surface area contributed by atoms with Crippen LogP contribution in [-0.4, -0.2) is 262 Å². The van der Waals surface area contributed by atoms with E-state index in [0.717, 1.165) is 51.4 Å². The molecule has 2 heterocycles. The molecule has 8 atom stereocenters. The zero-order valence-electron chi connectivity index (χ0n) is 65.6. The lowest BCUT2D eigenvalue weighted by molar-refractivity contribution is -0.932. The molecule has 0 radical (unpaired) electrons. The van der Waals surface area contributed by atoms with Crippen LogP contribution in [0.25, 0.3) is 0 Å². The molecule has 3 N–H and O–H groups in total. The fourth-order valence-corrected chi connectivity index (χ4v) is 14.9. The van der Waals surface area contributed by atoms with Crippen molar-refractivity contribution in [2.45, 2.75) is 332 Å². The van der Waals surface area contributed by atoms with E-state index in [-0.39, 0.29) is 139 Å². The van der Waals surface area contributed by atoms with Crippen LogP contribution in [0.3, 0.4) is 0 Å². The fraction of sp³-hybridized carbons (Fsp3) is 0.893. The van der Waals surface area contributed by atoms with E-state index in [1.807, 2.05) is 118 Å². The number of hydrogen-bond acceptors (Lipinski definition) is 21. The number of likely N-dealkylation sites (N-methyl/N-ethyl adjacent to an activating group) is 3. The second-order valence-electron chi connectivity index (χ2n) is 36.4. The van der Waals surface area contributed by atoms with Crippen molar-refractivity contribution in [1.82, 2.24) is 24.9 Å². The second kappa shape index (κ2) is 36.1. The van der Waals surface area contributed by atoms with Crippen molar-refractivity contribution in [2.75, 3.05) is 106 Å².